The Bertz CT molecular complexity index is 837. The average molecular weight is 371 g/mol. The smallest absolute Gasteiger partial charge is 0.360 e. The minimum Gasteiger partial charge on any atom is -0.464 e. The van der Waals surface area contributed by atoms with E-state index in [4.69, 9.17) is 4.18 Å². The first kappa shape index (κ1) is 19.0. The van der Waals surface area contributed by atoms with Gasteiger partial charge in [-0.05, 0) is 18.6 Å². The van der Waals surface area contributed by atoms with Crippen LogP contribution in [0.4, 0.5) is 4.39 Å². The van der Waals surface area contributed by atoms with Crippen LogP contribution in [0.25, 0.3) is 0 Å². The molecule has 2 rings (SSSR count). The normalized spacial score (nSPS) is 12.8. The van der Waals surface area contributed by atoms with Crippen molar-refractivity contribution in [3.05, 3.63) is 41.7 Å². The van der Waals surface area contributed by atoms with Gasteiger partial charge in [0.15, 0.2) is 5.69 Å². The van der Waals surface area contributed by atoms with Gasteiger partial charge in [0.2, 0.25) is 0 Å². The number of carbonyl (C=O) groups is 1. The number of ether oxygens (including phenoxy) is 1. The number of hydrogen-bond acceptors (Lipinski definition) is 7. The Hall–Kier alpha value is -2.33. The molecule has 0 N–H and O–H groups in total. The van der Waals surface area contributed by atoms with Crippen LogP contribution in [0.15, 0.2) is 35.4 Å². The minimum absolute atomic E-state index is 0.0105. The average Bonchev–Trinajstić information content (AvgIpc) is 3.07. The fourth-order valence-corrected chi connectivity index (χ4v) is 3.19. The summed E-state index contributed by atoms with van der Waals surface area (Å²) in [6.45, 7) is 1.14. The molecule has 0 saturated carbocycles. The number of hydrogen-bond donors (Lipinski definition) is 0. The second-order valence-corrected chi connectivity index (χ2v) is 6.83. The Kier molecular flexibility index (Phi) is 6.21. The van der Waals surface area contributed by atoms with Crippen LogP contribution >= 0.6 is 0 Å². The van der Waals surface area contributed by atoms with Crippen molar-refractivity contribution in [3.63, 3.8) is 0 Å². The molecule has 0 aliphatic carbocycles. The monoisotopic (exact) mass is 371 g/mol. The lowest BCUT2D eigenvalue weighted by Crippen LogP contribution is -2.18. The lowest BCUT2D eigenvalue weighted by molar-refractivity contribution is 0.0594. The van der Waals surface area contributed by atoms with Crippen LogP contribution < -0.4 is 0 Å². The highest BCUT2D eigenvalue weighted by atomic mass is 32.2. The predicted octanol–water partition coefficient (Wildman–Crippen LogP) is 1.51. The van der Waals surface area contributed by atoms with Crippen molar-refractivity contribution in [3.8, 4) is 0 Å². The summed E-state index contributed by atoms with van der Waals surface area (Å²) in [5, 5.41) is 7.25. The summed E-state index contributed by atoms with van der Waals surface area (Å²) in [5.74, 6) is -0.643. The molecule has 1 atom stereocenters. The summed E-state index contributed by atoms with van der Waals surface area (Å²) >= 11 is 0. The molecular weight excluding hydrogens is 353 g/mol. The van der Waals surface area contributed by atoms with E-state index in [0.717, 1.165) is 0 Å². The number of alkyl halides is 1. The van der Waals surface area contributed by atoms with Crippen LogP contribution in [0.2, 0.25) is 0 Å². The Balaban J connectivity index is 1.86. The molecule has 1 aromatic heterocycles. The molecule has 10 heteroatoms. The number of rotatable bonds is 8. The largest absolute Gasteiger partial charge is 0.464 e. The van der Waals surface area contributed by atoms with Gasteiger partial charge in [-0.1, -0.05) is 23.4 Å². The third kappa shape index (κ3) is 5.07. The Labute approximate surface area is 144 Å². The van der Waals surface area contributed by atoms with E-state index in [-0.39, 0.29) is 23.6 Å². The topological polar surface area (TPSA) is 100 Å². The first-order valence-corrected chi connectivity index (χ1v) is 8.82. The summed E-state index contributed by atoms with van der Waals surface area (Å²) in [6, 6.07) is 6.31. The maximum atomic E-state index is 13.9. The first-order chi connectivity index (χ1) is 11.8. The van der Waals surface area contributed by atoms with E-state index < -0.39 is 28.9 Å². The summed E-state index contributed by atoms with van der Waals surface area (Å²) < 4.78 is 48.6. The van der Waals surface area contributed by atoms with Crippen LogP contribution in [0.1, 0.15) is 22.5 Å². The first-order valence-electron chi connectivity index (χ1n) is 7.41. The van der Waals surface area contributed by atoms with E-state index in [1.54, 1.807) is 25.1 Å². The number of methoxy groups -OCH3 is 1. The van der Waals surface area contributed by atoms with E-state index in [0.29, 0.717) is 5.56 Å². The van der Waals surface area contributed by atoms with Gasteiger partial charge in [-0.15, -0.1) is 5.10 Å². The summed E-state index contributed by atoms with van der Waals surface area (Å²) in [4.78, 5) is 11.3. The Morgan fingerprint density at radius 3 is 2.76 bits per heavy atom. The zero-order valence-corrected chi connectivity index (χ0v) is 14.6. The Morgan fingerprint density at radius 2 is 2.08 bits per heavy atom. The molecule has 0 bridgehead atoms. The van der Waals surface area contributed by atoms with Crippen LogP contribution in [0.3, 0.4) is 0 Å². The van der Waals surface area contributed by atoms with Crippen LogP contribution in [0, 0.1) is 6.92 Å². The van der Waals surface area contributed by atoms with Gasteiger partial charge in [0.1, 0.15) is 6.17 Å². The van der Waals surface area contributed by atoms with Gasteiger partial charge in [-0.3, -0.25) is 8.86 Å². The third-order valence-corrected chi connectivity index (χ3v) is 4.81. The van der Waals surface area contributed by atoms with Crippen molar-refractivity contribution in [2.75, 3.05) is 13.7 Å². The molecule has 0 spiro atoms. The number of halogens is 1. The molecule has 0 aliphatic rings. The van der Waals surface area contributed by atoms with Gasteiger partial charge in [-0.2, -0.15) is 8.42 Å². The molecule has 0 amide bonds. The molecule has 1 aromatic carbocycles. The molecule has 0 fully saturated rings. The number of benzene rings is 1. The van der Waals surface area contributed by atoms with Gasteiger partial charge >= 0.3 is 5.97 Å². The molecule has 1 unspecified atom stereocenters. The second-order valence-electron chi connectivity index (χ2n) is 5.25. The number of nitrogens with zero attached hydrogens (tertiary/aromatic N) is 3. The molecular formula is C15H18FN3O5S. The lowest BCUT2D eigenvalue weighted by atomic mass is 10.2. The van der Waals surface area contributed by atoms with Gasteiger partial charge < -0.3 is 4.74 Å². The van der Waals surface area contributed by atoms with Crippen LogP contribution in [-0.4, -0.2) is 49.3 Å². The highest BCUT2D eigenvalue weighted by molar-refractivity contribution is 7.86. The highest BCUT2D eigenvalue weighted by Crippen LogP contribution is 2.17. The van der Waals surface area contributed by atoms with Crippen molar-refractivity contribution in [1.29, 1.82) is 0 Å². The van der Waals surface area contributed by atoms with Crippen LogP contribution in [-0.2, 0) is 25.6 Å². The van der Waals surface area contributed by atoms with Crippen molar-refractivity contribution in [2.24, 2.45) is 0 Å². The van der Waals surface area contributed by atoms with E-state index in [9.17, 15) is 17.6 Å². The molecule has 1 heterocycles. The predicted molar refractivity (Wildman–Crippen MR) is 85.2 cm³/mol. The zero-order valence-electron chi connectivity index (χ0n) is 13.8. The Morgan fingerprint density at radius 1 is 1.36 bits per heavy atom. The van der Waals surface area contributed by atoms with Crippen LogP contribution in [0.5, 0.6) is 0 Å². The number of esters is 1. The van der Waals surface area contributed by atoms with E-state index in [1.807, 2.05) is 0 Å². The minimum atomic E-state index is -4.02. The van der Waals surface area contributed by atoms with Gasteiger partial charge in [0.25, 0.3) is 10.1 Å². The quantitative estimate of drug-likeness (QED) is 0.512. The van der Waals surface area contributed by atoms with Crippen molar-refractivity contribution in [2.45, 2.75) is 31.0 Å². The molecule has 0 aliphatic heterocycles. The maximum Gasteiger partial charge on any atom is 0.360 e. The maximum absolute atomic E-state index is 13.9. The lowest BCUT2D eigenvalue weighted by Gasteiger charge is -2.10. The fraction of sp³-hybridized carbons (Fsp3) is 0.400. The summed E-state index contributed by atoms with van der Waals surface area (Å²) in [5.41, 5.74) is 0.534. The van der Waals surface area contributed by atoms with E-state index >= 15 is 0 Å². The summed E-state index contributed by atoms with van der Waals surface area (Å²) in [7, 11) is -2.80. The number of aryl methyl sites for hydroxylation is 2. The van der Waals surface area contributed by atoms with E-state index in [2.05, 4.69) is 15.0 Å². The molecule has 2 aromatic rings. The second kappa shape index (κ2) is 8.17. The molecule has 136 valence electrons. The van der Waals surface area contributed by atoms with Crippen molar-refractivity contribution < 1.29 is 26.5 Å². The van der Waals surface area contributed by atoms with Crippen molar-refractivity contribution in [1.82, 2.24) is 15.0 Å². The highest BCUT2D eigenvalue weighted by Gasteiger charge is 2.20. The molecule has 0 radical (unpaired) electrons. The molecule has 25 heavy (non-hydrogen) atoms. The SMILES string of the molecule is COC(=O)c1cn(CCC(F)COS(=O)(=O)c2ccccc2C)nn1. The molecule has 0 saturated heterocycles. The van der Waals surface area contributed by atoms with Gasteiger partial charge in [0, 0.05) is 13.0 Å². The molecule has 8 nitrogen and oxygen atoms in total. The van der Waals surface area contributed by atoms with Crippen molar-refractivity contribution >= 4 is 16.1 Å². The van der Waals surface area contributed by atoms with Gasteiger partial charge in [0.05, 0.1) is 24.8 Å². The number of aromatic nitrogens is 3. The summed E-state index contributed by atoms with van der Waals surface area (Å²) in [6.07, 6.45) is -0.249. The number of carbonyl (C=O) groups excluding carboxylic acids is 1. The standard InChI is InChI=1S/C15H18FN3O5S/c1-11-5-3-4-6-14(11)25(21,22)24-10-12(16)7-8-19-9-13(17-18-19)15(20)23-2/h3-6,9,12H,7-8,10H2,1-2H3. The third-order valence-electron chi connectivity index (χ3n) is 3.37. The van der Waals surface area contributed by atoms with Gasteiger partial charge in [-0.25, -0.2) is 9.18 Å². The fourth-order valence-electron chi connectivity index (χ4n) is 2.03. The zero-order chi connectivity index (χ0) is 18.4. The van der Waals surface area contributed by atoms with E-state index in [1.165, 1.54) is 24.1 Å².